The van der Waals surface area contributed by atoms with E-state index in [4.69, 9.17) is 9.84 Å². The van der Waals surface area contributed by atoms with Gasteiger partial charge in [-0.15, -0.1) is 0 Å². The molecule has 5 unspecified atom stereocenters. The third-order valence-electron chi connectivity index (χ3n) is 4.11. The van der Waals surface area contributed by atoms with E-state index in [0.717, 1.165) is 12.8 Å². The Kier molecular flexibility index (Phi) is 2.88. The molecule has 0 saturated heterocycles. The van der Waals surface area contributed by atoms with Crippen LogP contribution in [0.1, 0.15) is 19.3 Å². The number of hydrogen-bond donors (Lipinski definition) is 2. The molecule has 3 aliphatic carbocycles. The minimum Gasteiger partial charge on any atom is -0.481 e. The summed E-state index contributed by atoms with van der Waals surface area (Å²) in [4.78, 5) is 22.4. The standard InChI is InChI=1S/C11H16O5/c1-16-7-4-5-2-3-6(7)9(11(14)15)8(5)10(12)13/h5-9H,2-4H2,1H3,(H,12,13)(H,14,15). The molecule has 16 heavy (non-hydrogen) atoms. The van der Waals surface area contributed by atoms with E-state index in [2.05, 4.69) is 0 Å². The predicted molar refractivity (Wildman–Crippen MR) is 53.9 cm³/mol. The third kappa shape index (κ3) is 1.59. The maximum atomic E-state index is 11.2. The lowest BCUT2D eigenvalue weighted by atomic mass is 9.57. The highest BCUT2D eigenvalue weighted by Gasteiger charge is 2.54. The van der Waals surface area contributed by atoms with E-state index in [-0.39, 0.29) is 17.9 Å². The molecule has 0 aromatic heterocycles. The molecule has 90 valence electrons. The van der Waals surface area contributed by atoms with Crippen molar-refractivity contribution in [2.75, 3.05) is 7.11 Å². The zero-order valence-corrected chi connectivity index (χ0v) is 9.13. The fourth-order valence-corrected chi connectivity index (χ4v) is 3.44. The van der Waals surface area contributed by atoms with E-state index in [1.165, 1.54) is 0 Å². The molecule has 3 aliphatic rings. The summed E-state index contributed by atoms with van der Waals surface area (Å²) in [5, 5.41) is 18.3. The Hall–Kier alpha value is -1.10. The summed E-state index contributed by atoms with van der Waals surface area (Å²) >= 11 is 0. The Morgan fingerprint density at radius 2 is 1.75 bits per heavy atom. The Morgan fingerprint density at radius 3 is 2.25 bits per heavy atom. The van der Waals surface area contributed by atoms with Crippen LogP contribution in [0.4, 0.5) is 0 Å². The van der Waals surface area contributed by atoms with Gasteiger partial charge in [-0.05, 0) is 31.1 Å². The van der Waals surface area contributed by atoms with Gasteiger partial charge in [-0.25, -0.2) is 0 Å². The van der Waals surface area contributed by atoms with E-state index < -0.39 is 23.8 Å². The molecular formula is C11H16O5. The average molecular weight is 228 g/mol. The molecule has 3 rings (SSSR count). The van der Waals surface area contributed by atoms with Crippen molar-refractivity contribution in [3.05, 3.63) is 0 Å². The van der Waals surface area contributed by atoms with Gasteiger partial charge in [0.1, 0.15) is 0 Å². The van der Waals surface area contributed by atoms with Gasteiger partial charge < -0.3 is 14.9 Å². The van der Waals surface area contributed by atoms with Gasteiger partial charge in [0, 0.05) is 7.11 Å². The van der Waals surface area contributed by atoms with Crippen LogP contribution in [0.5, 0.6) is 0 Å². The molecule has 2 N–H and O–H groups in total. The van der Waals surface area contributed by atoms with Crippen LogP contribution in [0, 0.1) is 23.7 Å². The van der Waals surface area contributed by atoms with Crippen molar-refractivity contribution < 1.29 is 24.5 Å². The summed E-state index contributed by atoms with van der Waals surface area (Å²) in [5.41, 5.74) is 0. The zero-order valence-electron chi connectivity index (χ0n) is 9.13. The molecule has 5 atom stereocenters. The lowest BCUT2D eigenvalue weighted by molar-refractivity contribution is -0.175. The minimum absolute atomic E-state index is 0.0476. The summed E-state index contributed by atoms with van der Waals surface area (Å²) < 4.78 is 5.28. The highest BCUT2D eigenvalue weighted by Crippen LogP contribution is 2.50. The van der Waals surface area contributed by atoms with Crippen molar-refractivity contribution in [2.45, 2.75) is 25.4 Å². The number of ether oxygens (including phenoxy) is 1. The number of aliphatic carboxylic acids is 2. The Balaban J connectivity index is 2.29. The molecule has 3 saturated carbocycles. The van der Waals surface area contributed by atoms with Crippen molar-refractivity contribution in [1.82, 2.24) is 0 Å². The number of fused-ring (bicyclic) bond motifs is 3. The third-order valence-corrected chi connectivity index (χ3v) is 4.11. The molecule has 2 bridgehead atoms. The molecule has 5 heteroatoms. The molecule has 0 heterocycles. The van der Waals surface area contributed by atoms with E-state index in [0.29, 0.717) is 6.42 Å². The second-order valence-electron chi connectivity index (χ2n) is 4.74. The first-order valence-corrected chi connectivity index (χ1v) is 5.54. The SMILES string of the molecule is COC1CC2CCC1C(C(=O)O)C2C(=O)O. The highest BCUT2D eigenvalue weighted by molar-refractivity contribution is 5.81. The van der Waals surface area contributed by atoms with E-state index in [1.54, 1.807) is 7.11 Å². The number of carboxylic acids is 2. The van der Waals surface area contributed by atoms with Crippen LogP contribution in [-0.2, 0) is 14.3 Å². The maximum Gasteiger partial charge on any atom is 0.307 e. The van der Waals surface area contributed by atoms with Crippen LogP contribution < -0.4 is 0 Å². The van der Waals surface area contributed by atoms with Crippen molar-refractivity contribution in [1.29, 1.82) is 0 Å². The first-order valence-electron chi connectivity index (χ1n) is 5.54. The van der Waals surface area contributed by atoms with Crippen LogP contribution in [0.3, 0.4) is 0 Å². The lowest BCUT2D eigenvalue weighted by Crippen LogP contribution is -2.53. The van der Waals surface area contributed by atoms with Gasteiger partial charge in [0.2, 0.25) is 0 Å². The first kappa shape index (κ1) is 11.4. The molecule has 0 aliphatic heterocycles. The van der Waals surface area contributed by atoms with Crippen LogP contribution in [-0.4, -0.2) is 35.4 Å². The van der Waals surface area contributed by atoms with Crippen molar-refractivity contribution in [3.63, 3.8) is 0 Å². The van der Waals surface area contributed by atoms with Gasteiger partial charge >= 0.3 is 11.9 Å². The van der Waals surface area contributed by atoms with E-state index in [1.807, 2.05) is 0 Å². The second kappa shape index (κ2) is 4.05. The number of hydrogen-bond acceptors (Lipinski definition) is 3. The van der Waals surface area contributed by atoms with Crippen LogP contribution in [0.25, 0.3) is 0 Å². The smallest absolute Gasteiger partial charge is 0.307 e. The van der Waals surface area contributed by atoms with Gasteiger partial charge in [0.25, 0.3) is 0 Å². The Bertz CT molecular complexity index is 313. The van der Waals surface area contributed by atoms with E-state index >= 15 is 0 Å². The summed E-state index contributed by atoms with van der Waals surface area (Å²) in [6.45, 7) is 0. The molecule has 0 radical (unpaired) electrons. The molecule has 0 amide bonds. The summed E-state index contributed by atoms with van der Waals surface area (Å²) in [6.07, 6.45) is 2.17. The second-order valence-corrected chi connectivity index (χ2v) is 4.74. The largest absolute Gasteiger partial charge is 0.481 e. The first-order chi connectivity index (χ1) is 7.56. The molecular weight excluding hydrogens is 212 g/mol. The molecule has 0 spiro atoms. The quantitative estimate of drug-likeness (QED) is 0.747. The van der Waals surface area contributed by atoms with Crippen LogP contribution in [0.15, 0.2) is 0 Å². The number of carbonyl (C=O) groups is 2. The molecule has 3 fully saturated rings. The summed E-state index contributed by atoms with van der Waals surface area (Å²) in [7, 11) is 1.57. The number of carboxylic acid groups (broad SMARTS) is 2. The summed E-state index contributed by atoms with van der Waals surface area (Å²) in [5.74, 6) is -3.68. The normalized spacial score (nSPS) is 41.9. The zero-order chi connectivity index (χ0) is 11.9. The van der Waals surface area contributed by atoms with Gasteiger partial charge in [-0.2, -0.15) is 0 Å². The van der Waals surface area contributed by atoms with E-state index in [9.17, 15) is 14.7 Å². The van der Waals surface area contributed by atoms with Gasteiger partial charge in [-0.3, -0.25) is 9.59 Å². The average Bonchev–Trinajstić information content (AvgIpc) is 2.27. The van der Waals surface area contributed by atoms with Crippen molar-refractivity contribution >= 4 is 11.9 Å². The van der Waals surface area contributed by atoms with Gasteiger partial charge in [-0.1, -0.05) is 0 Å². The van der Waals surface area contributed by atoms with Crippen molar-refractivity contribution in [3.8, 4) is 0 Å². The molecule has 0 aromatic carbocycles. The lowest BCUT2D eigenvalue weighted by Gasteiger charge is -2.48. The fraction of sp³-hybridized carbons (Fsp3) is 0.818. The van der Waals surface area contributed by atoms with Crippen LogP contribution in [0.2, 0.25) is 0 Å². The van der Waals surface area contributed by atoms with Gasteiger partial charge in [0.15, 0.2) is 0 Å². The topological polar surface area (TPSA) is 83.8 Å². The Morgan fingerprint density at radius 1 is 1.12 bits per heavy atom. The number of rotatable bonds is 3. The van der Waals surface area contributed by atoms with Gasteiger partial charge in [0.05, 0.1) is 17.9 Å². The Labute approximate surface area is 93.4 Å². The summed E-state index contributed by atoms with van der Waals surface area (Å²) in [6, 6.07) is 0. The highest BCUT2D eigenvalue weighted by atomic mass is 16.5. The van der Waals surface area contributed by atoms with Crippen LogP contribution >= 0.6 is 0 Å². The fourth-order valence-electron chi connectivity index (χ4n) is 3.44. The monoisotopic (exact) mass is 228 g/mol. The maximum absolute atomic E-state index is 11.2. The minimum atomic E-state index is -0.996. The number of methoxy groups -OCH3 is 1. The van der Waals surface area contributed by atoms with Crippen molar-refractivity contribution in [2.24, 2.45) is 23.7 Å². The molecule has 0 aromatic rings. The predicted octanol–water partition coefficient (Wildman–Crippen LogP) is 0.833. The molecule has 5 nitrogen and oxygen atoms in total.